The lowest BCUT2D eigenvalue weighted by Crippen LogP contribution is -2.35. The smallest absolute Gasteiger partial charge is 0.266 e. The molecule has 5 nitrogen and oxygen atoms in total. The molecule has 5 heteroatoms. The van der Waals surface area contributed by atoms with E-state index >= 15 is 0 Å². The number of nitrogens with zero attached hydrogens (tertiary/aromatic N) is 2. The zero-order valence-corrected chi connectivity index (χ0v) is 14.7. The molecular weight excluding hydrogens is 326 g/mol. The summed E-state index contributed by atoms with van der Waals surface area (Å²) >= 11 is 0. The van der Waals surface area contributed by atoms with Gasteiger partial charge in [0.1, 0.15) is 6.54 Å². The van der Waals surface area contributed by atoms with Crippen LogP contribution in [-0.2, 0) is 16.1 Å². The van der Waals surface area contributed by atoms with E-state index < -0.39 is 0 Å². The fourth-order valence-electron chi connectivity index (χ4n) is 3.40. The minimum absolute atomic E-state index is 0.0511. The lowest BCUT2D eigenvalue weighted by Gasteiger charge is -2.28. The number of amides is 2. The second-order valence-corrected chi connectivity index (χ2v) is 6.63. The van der Waals surface area contributed by atoms with Gasteiger partial charge in [-0.3, -0.25) is 9.59 Å². The molecule has 0 saturated carbocycles. The van der Waals surface area contributed by atoms with Crippen LogP contribution in [0.1, 0.15) is 13.8 Å². The molecule has 0 spiro atoms. The van der Waals surface area contributed by atoms with Gasteiger partial charge in [0, 0.05) is 28.9 Å². The second kappa shape index (κ2) is 6.26. The number of nitrogens with one attached hydrogen (secondary N) is 1. The number of rotatable bonds is 2. The topological polar surface area (TPSA) is 63.5 Å². The molecule has 2 aromatic rings. The summed E-state index contributed by atoms with van der Waals surface area (Å²) in [6.07, 6.45) is 7.50. The Kier molecular flexibility index (Phi) is 3.92. The van der Waals surface area contributed by atoms with Crippen molar-refractivity contribution >= 4 is 28.4 Å². The number of para-hydroxylation sites is 1. The summed E-state index contributed by atoms with van der Waals surface area (Å²) in [7, 11) is 0. The SMILES string of the molecule is CC1=C(C)C2C=CC(=NC(=O)Cn3ccc4ccccc43)C=C2NC1=O. The second-order valence-electron chi connectivity index (χ2n) is 6.63. The average Bonchev–Trinajstić information content (AvgIpc) is 3.02. The highest BCUT2D eigenvalue weighted by atomic mass is 16.2. The molecule has 0 fully saturated rings. The third-order valence-corrected chi connectivity index (χ3v) is 4.99. The van der Waals surface area contributed by atoms with Crippen molar-refractivity contribution in [2.75, 3.05) is 0 Å². The molecule has 1 aliphatic carbocycles. The van der Waals surface area contributed by atoms with Crippen LogP contribution >= 0.6 is 0 Å². The zero-order chi connectivity index (χ0) is 18.3. The fourth-order valence-corrected chi connectivity index (χ4v) is 3.40. The maximum atomic E-state index is 12.4. The molecule has 26 heavy (non-hydrogen) atoms. The molecule has 1 aliphatic heterocycles. The average molecular weight is 345 g/mol. The maximum absolute atomic E-state index is 12.4. The molecule has 1 unspecified atom stereocenters. The summed E-state index contributed by atoms with van der Waals surface area (Å²) in [5.74, 6) is -0.271. The molecule has 4 rings (SSSR count). The van der Waals surface area contributed by atoms with Crippen LogP contribution < -0.4 is 5.32 Å². The first-order chi connectivity index (χ1) is 12.5. The molecular formula is C21H19N3O2. The number of hydrogen-bond donors (Lipinski definition) is 1. The first-order valence-electron chi connectivity index (χ1n) is 8.57. The van der Waals surface area contributed by atoms with E-state index in [1.807, 2.05) is 67.1 Å². The van der Waals surface area contributed by atoms with E-state index in [1.54, 1.807) is 6.08 Å². The Morgan fingerprint density at radius 1 is 1.23 bits per heavy atom. The number of hydrogen-bond acceptors (Lipinski definition) is 2. The van der Waals surface area contributed by atoms with E-state index in [9.17, 15) is 9.59 Å². The van der Waals surface area contributed by atoms with Gasteiger partial charge in [0.2, 0.25) is 0 Å². The summed E-state index contributed by atoms with van der Waals surface area (Å²) in [5.41, 5.74) is 4.12. The Morgan fingerprint density at radius 2 is 2.04 bits per heavy atom. The quantitative estimate of drug-likeness (QED) is 0.909. The summed E-state index contributed by atoms with van der Waals surface area (Å²) < 4.78 is 1.89. The Labute approximate surface area is 151 Å². The molecule has 1 N–H and O–H groups in total. The number of allylic oxidation sites excluding steroid dienone is 3. The van der Waals surface area contributed by atoms with Crippen LogP contribution in [-0.4, -0.2) is 22.1 Å². The number of fused-ring (bicyclic) bond motifs is 2. The van der Waals surface area contributed by atoms with Gasteiger partial charge >= 0.3 is 0 Å². The fraction of sp³-hybridized carbons (Fsp3) is 0.190. The summed E-state index contributed by atoms with van der Waals surface area (Å²) in [6.45, 7) is 3.97. The van der Waals surface area contributed by atoms with Crippen LogP contribution in [0.2, 0.25) is 0 Å². The highest BCUT2D eigenvalue weighted by Crippen LogP contribution is 2.29. The highest BCUT2D eigenvalue weighted by molar-refractivity contribution is 6.11. The normalized spacial score (nSPS) is 21.0. The molecule has 0 saturated heterocycles. The predicted molar refractivity (Wildman–Crippen MR) is 102 cm³/mol. The Balaban J connectivity index is 1.56. The Hall–Kier alpha value is -3.21. The van der Waals surface area contributed by atoms with Crippen LogP contribution in [0.15, 0.2) is 76.6 Å². The lowest BCUT2D eigenvalue weighted by atomic mass is 9.85. The molecule has 0 radical (unpaired) electrons. The van der Waals surface area contributed by atoms with Crippen molar-refractivity contribution in [2.24, 2.45) is 10.9 Å². The molecule has 0 bridgehead atoms. The molecule has 1 aromatic heterocycles. The van der Waals surface area contributed by atoms with E-state index in [-0.39, 0.29) is 24.3 Å². The van der Waals surface area contributed by atoms with Crippen LogP contribution in [0.25, 0.3) is 10.9 Å². The molecule has 2 aliphatic rings. The summed E-state index contributed by atoms with van der Waals surface area (Å²) in [5, 5.41) is 3.98. The first kappa shape index (κ1) is 16.3. The van der Waals surface area contributed by atoms with Gasteiger partial charge in [-0.25, -0.2) is 4.99 Å². The first-order valence-corrected chi connectivity index (χ1v) is 8.57. The minimum Gasteiger partial charge on any atom is -0.338 e. The monoisotopic (exact) mass is 345 g/mol. The third-order valence-electron chi connectivity index (χ3n) is 4.99. The van der Waals surface area contributed by atoms with E-state index in [2.05, 4.69) is 10.3 Å². The summed E-state index contributed by atoms with van der Waals surface area (Å²) in [6, 6.07) is 9.91. The third kappa shape index (κ3) is 2.81. The lowest BCUT2D eigenvalue weighted by molar-refractivity contribution is -0.118. The number of benzene rings is 1. The minimum atomic E-state index is -0.230. The largest absolute Gasteiger partial charge is 0.338 e. The van der Waals surface area contributed by atoms with Gasteiger partial charge < -0.3 is 9.88 Å². The Morgan fingerprint density at radius 3 is 2.88 bits per heavy atom. The molecule has 1 aromatic carbocycles. The van der Waals surface area contributed by atoms with Crippen molar-refractivity contribution in [1.82, 2.24) is 9.88 Å². The number of carbonyl (C=O) groups is 2. The van der Waals surface area contributed by atoms with Gasteiger partial charge in [-0.15, -0.1) is 0 Å². The van der Waals surface area contributed by atoms with Crippen molar-refractivity contribution in [3.63, 3.8) is 0 Å². The number of aromatic nitrogens is 1. The van der Waals surface area contributed by atoms with Crippen LogP contribution in [0, 0.1) is 5.92 Å². The van der Waals surface area contributed by atoms with E-state index in [0.717, 1.165) is 27.7 Å². The molecule has 2 heterocycles. The zero-order valence-electron chi connectivity index (χ0n) is 14.7. The Bertz CT molecular complexity index is 1050. The van der Waals surface area contributed by atoms with Crippen molar-refractivity contribution in [3.05, 3.63) is 71.6 Å². The molecule has 1 atom stereocenters. The van der Waals surface area contributed by atoms with Gasteiger partial charge in [0.05, 0.1) is 5.71 Å². The highest BCUT2D eigenvalue weighted by Gasteiger charge is 2.27. The number of carbonyl (C=O) groups excluding carboxylic acids is 2. The predicted octanol–water partition coefficient (Wildman–Crippen LogP) is 3.15. The van der Waals surface area contributed by atoms with Gasteiger partial charge in [-0.2, -0.15) is 0 Å². The van der Waals surface area contributed by atoms with Gasteiger partial charge in [0.25, 0.3) is 11.8 Å². The molecule has 130 valence electrons. The number of aliphatic imine (C=N–C) groups is 1. The van der Waals surface area contributed by atoms with Crippen LogP contribution in [0.3, 0.4) is 0 Å². The van der Waals surface area contributed by atoms with Gasteiger partial charge in [0.15, 0.2) is 0 Å². The van der Waals surface area contributed by atoms with Gasteiger partial charge in [-0.05, 0) is 43.5 Å². The van der Waals surface area contributed by atoms with Crippen molar-refractivity contribution < 1.29 is 9.59 Å². The van der Waals surface area contributed by atoms with E-state index in [4.69, 9.17) is 0 Å². The van der Waals surface area contributed by atoms with E-state index in [0.29, 0.717) is 5.71 Å². The van der Waals surface area contributed by atoms with Crippen molar-refractivity contribution in [3.8, 4) is 0 Å². The van der Waals surface area contributed by atoms with Crippen LogP contribution in [0.5, 0.6) is 0 Å². The molecule has 2 amide bonds. The van der Waals surface area contributed by atoms with Crippen LogP contribution in [0.4, 0.5) is 0 Å². The van der Waals surface area contributed by atoms with E-state index in [1.165, 1.54) is 0 Å². The van der Waals surface area contributed by atoms with Gasteiger partial charge in [-0.1, -0.05) is 29.8 Å². The van der Waals surface area contributed by atoms with Crippen molar-refractivity contribution in [1.29, 1.82) is 0 Å². The maximum Gasteiger partial charge on any atom is 0.266 e. The van der Waals surface area contributed by atoms with Crippen molar-refractivity contribution in [2.45, 2.75) is 20.4 Å². The summed E-state index contributed by atoms with van der Waals surface area (Å²) in [4.78, 5) is 28.6. The standard InChI is InChI=1S/C21H19N3O2/c1-13-14(2)21(26)23-18-11-16(7-8-17(13)18)22-20(25)12-24-10-9-15-5-3-4-6-19(15)24/h3-11,17H,12H2,1-2H3,(H,23,26).